The lowest BCUT2D eigenvalue weighted by Crippen LogP contribution is -2.46. The fraction of sp³-hybridized carbons (Fsp3) is 0.923. The molecule has 0 aromatic rings. The van der Waals surface area contributed by atoms with Crippen molar-refractivity contribution in [3.63, 3.8) is 0 Å². The van der Waals surface area contributed by atoms with Crippen LogP contribution >= 0.6 is 24.8 Å². The van der Waals surface area contributed by atoms with Crippen molar-refractivity contribution in [3.8, 4) is 0 Å². The fourth-order valence-corrected chi connectivity index (χ4v) is 3.10. The Bertz CT molecular complexity index is 265. The molecule has 6 heteroatoms. The third kappa shape index (κ3) is 4.78. The zero-order valence-corrected chi connectivity index (χ0v) is 13.2. The van der Waals surface area contributed by atoms with Crippen LogP contribution in [0.15, 0.2) is 0 Å². The second-order valence-corrected chi connectivity index (χ2v) is 5.50. The summed E-state index contributed by atoms with van der Waals surface area (Å²) in [5.41, 5.74) is 5.55. The van der Waals surface area contributed by atoms with Crippen LogP contribution in [0.1, 0.15) is 38.5 Å². The Morgan fingerprint density at radius 3 is 2.21 bits per heavy atom. The van der Waals surface area contributed by atoms with E-state index in [0.29, 0.717) is 6.54 Å². The molecule has 0 aromatic carbocycles. The molecular formula is C13H27Cl2N3O. The highest BCUT2D eigenvalue weighted by atomic mass is 35.5. The normalized spacial score (nSPS) is 21.5. The average molecular weight is 312 g/mol. The number of carbonyl (C=O) groups is 1. The first-order valence-corrected chi connectivity index (χ1v) is 6.98. The van der Waals surface area contributed by atoms with Crippen LogP contribution in [0.2, 0.25) is 0 Å². The van der Waals surface area contributed by atoms with E-state index >= 15 is 0 Å². The third-order valence-electron chi connectivity index (χ3n) is 4.35. The summed E-state index contributed by atoms with van der Waals surface area (Å²) in [6.07, 6.45) is 6.85. The van der Waals surface area contributed by atoms with Crippen molar-refractivity contribution in [3.05, 3.63) is 0 Å². The van der Waals surface area contributed by atoms with Crippen molar-refractivity contribution in [1.82, 2.24) is 10.2 Å². The van der Waals surface area contributed by atoms with Gasteiger partial charge in [0, 0.05) is 19.6 Å². The highest BCUT2D eigenvalue weighted by Gasteiger charge is 2.39. The lowest BCUT2D eigenvalue weighted by molar-refractivity contribution is -0.130. The quantitative estimate of drug-likeness (QED) is 0.810. The number of hydrogen-bond acceptors (Lipinski definition) is 3. The van der Waals surface area contributed by atoms with Gasteiger partial charge in [0.2, 0.25) is 5.91 Å². The maximum atomic E-state index is 12.2. The largest absolute Gasteiger partial charge is 0.354 e. The van der Waals surface area contributed by atoms with E-state index in [0.717, 1.165) is 38.8 Å². The topological polar surface area (TPSA) is 58.4 Å². The summed E-state index contributed by atoms with van der Waals surface area (Å²) in [6.45, 7) is 4.66. The van der Waals surface area contributed by atoms with E-state index in [9.17, 15) is 4.79 Å². The van der Waals surface area contributed by atoms with Gasteiger partial charge >= 0.3 is 0 Å². The summed E-state index contributed by atoms with van der Waals surface area (Å²) in [4.78, 5) is 14.6. The molecule has 0 bridgehead atoms. The number of carbonyl (C=O) groups excluding carboxylic acids is 1. The Morgan fingerprint density at radius 1 is 1.11 bits per heavy atom. The molecular weight excluding hydrogens is 285 g/mol. The zero-order chi connectivity index (χ0) is 12.1. The van der Waals surface area contributed by atoms with Gasteiger partial charge in [-0.25, -0.2) is 0 Å². The smallest absolute Gasteiger partial charge is 0.227 e. The van der Waals surface area contributed by atoms with Crippen LogP contribution in [-0.2, 0) is 4.79 Å². The van der Waals surface area contributed by atoms with Gasteiger partial charge in [0.1, 0.15) is 0 Å². The minimum absolute atomic E-state index is 0. The number of nitrogens with two attached hydrogens (primary N) is 1. The molecule has 0 unspecified atom stereocenters. The van der Waals surface area contributed by atoms with E-state index in [1.165, 1.54) is 25.9 Å². The Balaban J connectivity index is 0.00000162. The van der Waals surface area contributed by atoms with E-state index in [1.807, 2.05) is 0 Å². The van der Waals surface area contributed by atoms with Crippen molar-refractivity contribution in [1.29, 1.82) is 0 Å². The molecule has 2 aliphatic rings. The predicted molar refractivity (Wildman–Crippen MR) is 83.1 cm³/mol. The Labute approximate surface area is 128 Å². The van der Waals surface area contributed by atoms with E-state index in [2.05, 4.69) is 10.2 Å². The summed E-state index contributed by atoms with van der Waals surface area (Å²) in [7, 11) is 0. The molecule has 19 heavy (non-hydrogen) atoms. The molecule has 0 atom stereocenters. The fourth-order valence-electron chi connectivity index (χ4n) is 3.10. The molecule has 0 aromatic heterocycles. The van der Waals surface area contributed by atoms with Crippen LogP contribution in [0, 0.1) is 5.41 Å². The van der Waals surface area contributed by atoms with E-state index in [1.54, 1.807) is 0 Å². The Morgan fingerprint density at radius 2 is 1.68 bits per heavy atom. The second kappa shape index (κ2) is 9.01. The van der Waals surface area contributed by atoms with Gasteiger partial charge in [-0.3, -0.25) is 4.79 Å². The van der Waals surface area contributed by atoms with Crippen molar-refractivity contribution < 1.29 is 4.79 Å². The standard InChI is InChI=1S/C13H25N3O.2ClH/c14-11-13(5-1-2-6-13)12(17)15-7-10-16-8-3-4-9-16;;/h1-11,14H2,(H,15,17);2*1H. The molecule has 1 saturated carbocycles. The van der Waals surface area contributed by atoms with E-state index in [4.69, 9.17) is 5.73 Å². The van der Waals surface area contributed by atoms with Gasteiger partial charge in [-0.05, 0) is 38.8 Å². The van der Waals surface area contributed by atoms with E-state index < -0.39 is 0 Å². The summed E-state index contributed by atoms with van der Waals surface area (Å²) in [6, 6.07) is 0. The Kier molecular flexibility index (Phi) is 8.99. The van der Waals surface area contributed by atoms with Gasteiger partial charge in [-0.2, -0.15) is 0 Å². The number of nitrogens with zero attached hydrogens (tertiary/aromatic N) is 1. The van der Waals surface area contributed by atoms with Crippen LogP contribution in [0.3, 0.4) is 0 Å². The van der Waals surface area contributed by atoms with Crippen LogP contribution < -0.4 is 11.1 Å². The first-order chi connectivity index (χ1) is 8.27. The number of likely N-dealkylation sites (tertiary alicyclic amines) is 1. The summed E-state index contributed by atoms with van der Waals surface area (Å²) >= 11 is 0. The first-order valence-electron chi connectivity index (χ1n) is 6.98. The minimum atomic E-state index is -0.245. The molecule has 1 heterocycles. The molecule has 0 spiro atoms. The number of nitrogens with one attached hydrogen (secondary N) is 1. The molecule has 1 saturated heterocycles. The van der Waals surface area contributed by atoms with Gasteiger partial charge in [0.25, 0.3) is 0 Å². The number of halogens is 2. The van der Waals surface area contributed by atoms with Gasteiger partial charge in [-0.1, -0.05) is 12.8 Å². The molecule has 114 valence electrons. The maximum Gasteiger partial charge on any atom is 0.227 e. The van der Waals surface area contributed by atoms with Crippen LogP contribution in [0.4, 0.5) is 0 Å². The molecule has 2 fully saturated rings. The molecule has 4 nitrogen and oxygen atoms in total. The molecule has 3 N–H and O–H groups in total. The molecule has 1 amide bonds. The SMILES string of the molecule is Cl.Cl.NCC1(C(=O)NCCN2CCCC2)CCCC1. The third-order valence-corrected chi connectivity index (χ3v) is 4.35. The minimum Gasteiger partial charge on any atom is -0.354 e. The van der Waals surface area contributed by atoms with Gasteiger partial charge in [0.15, 0.2) is 0 Å². The Hall–Kier alpha value is -0.0300. The highest BCUT2D eigenvalue weighted by molar-refractivity contribution is 5.85. The predicted octanol–water partition coefficient (Wildman–Crippen LogP) is 1.56. The average Bonchev–Trinajstić information content (AvgIpc) is 3.00. The van der Waals surface area contributed by atoms with Crippen molar-refractivity contribution in [2.24, 2.45) is 11.1 Å². The van der Waals surface area contributed by atoms with E-state index in [-0.39, 0.29) is 36.1 Å². The van der Waals surface area contributed by atoms with Gasteiger partial charge < -0.3 is 16.0 Å². The molecule has 1 aliphatic heterocycles. The van der Waals surface area contributed by atoms with Crippen LogP contribution in [0.5, 0.6) is 0 Å². The lowest BCUT2D eigenvalue weighted by atomic mass is 9.85. The number of hydrogen-bond donors (Lipinski definition) is 2. The van der Waals surface area contributed by atoms with Crippen molar-refractivity contribution in [2.45, 2.75) is 38.5 Å². The monoisotopic (exact) mass is 311 g/mol. The summed E-state index contributed by atoms with van der Waals surface area (Å²) in [5.74, 6) is 0.191. The molecule has 1 aliphatic carbocycles. The number of amides is 1. The molecule has 2 rings (SSSR count). The first kappa shape index (κ1) is 19.0. The molecule has 0 radical (unpaired) electrons. The number of rotatable bonds is 5. The zero-order valence-electron chi connectivity index (χ0n) is 11.5. The lowest BCUT2D eigenvalue weighted by Gasteiger charge is -2.26. The summed E-state index contributed by atoms with van der Waals surface area (Å²) in [5, 5.41) is 3.08. The second-order valence-electron chi connectivity index (χ2n) is 5.50. The van der Waals surface area contributed by atoms with Crippen molar-refractivity contribution in [2.75, 3.05) is 32.7 Å². The highest BCUT2D eigenvalue weighted by Crippen LogP contribution is 2.37. The summed E-state index contributed by atoms with van der Waals surface area (Å²) < 4.78 is 0. The van der Waals surface area contributed by atoms with Crippen LogP contribution in [-0.4, -0.2) is 43.5 Å². The van der Waals surface area contributed by atoms with Crippen molar-refractivity contribution >= 4 is 30.7 Å². The van der Waals surface area contributed by atoms with Crippen LogP contribution in [0.25, 0.3) is 0 Å². The van der Waals surface area contributed by atoms with Gasteiger partial charge in [-0.15, -0.1) is 24.8 Å². The van der Waals surface area contributed by atoms with Gasteiger partial charge in [0.05, 0.1) is 5.41 Å². The maximum absolute atomic E-state index is 12.2.